The summed E-state index contributed by atoms with van der Waals surface area (Å²) < 4.78 is 31.7. The molecule has 1 aliphatic rings. The molecule has 0 unspecified atom stereocenters. The van der Waals surface area contributed by atoms with Crippen molar-refractivity contribution in [2.45, 2.75) is 10.8 Å². The van der Waals surface area contributed by atoms with Crippen molar-refractivity contribution in [3.63, 3.8) is 0 Å². The molecule has 0 bridgehead atoms. The minimum Gasteiger partial charge on any atom is -0.379 e. The summed E-state index contributed by atoms with van der Waals surface area (Å²) in [4.78, 5) is 18.5. The average Bonchev–Trinajstić information content (AvgIpc) is 3.27. The number of hydrogen-bond donors (Lipinski definition) is 2. The number of anilines is 1. The summed E-state index contributed by atoms with van der Waals surface area (Å²) in [5.74, 6) is -0.451. The lowest BCUT2D eigenvalue weighted by Crippen LogP contribution is -2.35. The van der Waals surface area contributed by atoms with Gasteiger partial charge in [0.2, 0.25) is 5.91 Å². The van der Waals surface area contributed by atoms with E-state index in [1.807, 2.05) is 5.38 Å². The van der Waals surface area contributed by atoms with Gasteiger partial charge in [-0.3, -0.25) is 9.69 Å². The first kappa shape index (κ1) is 18.4. The van der Waals surface area contributed by atoms with Gasteiger partial charge in [0.1, 0.15) is 4.21 Å². The highest BCUT2D eigenvalue weighted by Gasteiger charge is 2.17. The first-order valence-corrected chi connectivity index (χ1v) is 10.8. The highest BCUT2D eigenvalue weighted by Crippen LogP contribution is 2.18. The topological polar surface area (TPSA) is 101 Å². The van der Waals surface area contributed by atoms with E-state index in [9.17, 15) is 13.2 Å². The average molecular weight is 403 g/mol. The second-order valence-corrected chi connectivity index (χ2v) is 9.14. The Labute approximate surface area is 153 Å². The largest absolute Gasteiger partial charge is 0.379 e. The van der Waals surface area contributed by atoms with Gasteiger partial charge < -0.3 is 10.1 Å². The molecule has 0 saturated carbocycles. The summed E-state index contributed by atoms with van der Waals surface area (Å²) in [5.41, 5.74) is 0.876. The van der Waals surface area contributed by atoms with Crippen LogP contribution in [0.5, 0.6) is 0 Å². The van der Waals surface area contributed by atoms with Gasteiger partial charge in [-0.2, -0.15) is 0 Å². The Kier molecular flexibility index (Phi) is 6.15. The summed E-state index contributed by atoms with van der Waals surface area (Å²) in [6, 6.07) is 3.13. The van der Waals surface area contributed by atoms with Crippen LogP contribution in [-0.2, 0) is 26.1 Å². The molecule has 0 spiro atoms. The molecule has 1 aliphatic heterocycles. The fraction of sp³-hybridized carbons (Fsp3) is 0.429. The molecule has 1 saturated heterocycles. The van der Waals surface area contributed by atoms with Gasteiger partial charge in [-0.25, -0.2) is 18.1 Å². The fourth-order valence-electron chi connectivity index (χ4n) is 2.24. The van der Waals surface area contributed by atoms with Crippen molar-refractivity contribution in [3.05, 3.63) is 28.6 Å². The minimum absolute atomic E-state index is 0.183. The van der Waals surface area contributed by atoms with E-state index in [4.69, 9.17) is 4.74 Å². The zero-order valence-corrected chi connectivity index (χ0v) is 15.8. The zero-order valence-electron chi connectivity index (χ0n) is 13.3. The Morgan fingerprint density at radius 1 is 1.32 bits per heavy atom. The van der Waals surface area contributed by atoms with Gasteiger partial charge in [-0.15, -0.1) is 22.7 Å². The number of carbonyl (C=O) groups excluding carboxylic acids is 1. The lowest BCUT2D eigenvalue weighted by molar-refractivity contribution is -0.115. The van der Waals surface area contributed by atoms with E-state index in [-0.39, 0.29) is 10.8 Å². The van der Waals surface area contributed by atoms with Crippen molar-refractivity contribution in [2.24, 2.45) is 0 Å². The second kappa shape index (κ2) is 8.34. The fourth-order valence-corrected chi connectivity index (χ4v) is 4.97. The molecule has 0 aromatic carbocycles. The van der Waals surface area contributed by atoms with Crippen LogP contribution in [0.15, 0.2) is 27.1 Å². The highest BCUT2D eigenvalue weighted by molar-refractivity contribution is 7.91. The molecular formula is C14H18N4O4S3. The Balaban J connectivity index is 1.48. The maximum atomic E-state index is 12.0. The number of sulfonamides is 1. The van der Waals surface area contributed by atoms with Gasteiger partial charge in [-0.1, -0.05) is 6.07 Å². The number of thiophene rings is 1. The van der Waals surface area contributed by atoms with E-state index in [0.717, 1.165) is 43.3 Å². The molecule has 3 rings (SSSR count). The summed E-state index contributed by atoms with van der Waals surface area (Å²) in [5, 5.41) is 6.64. The van der Waals surface area contributed by atoms with E-state index in [1.165, 1.54) is 17.4 Å². The van der Waals surface area contributed by atoms with Crippen molar-refractivity contribution in [3.8, 4) is 0 Å². The number of nitrogens with zero attached hydrogens (tertiary/aromatic N) is 2. The number of thiazole rings is 1. The quantitative estimate of drug-likeness (QED) is 0.715. The highest BCUT2D eigenvalue weighted by atomic mass is 32.2. The first-order chi connectivity index (χ1) is 12.0. The lowest BCUT2D eigenvalue weighted by atomic mass is 10.4. The molecule has 1 fully saturated rings. The molecule has 2 N–H and O–H groups in total. The summed E-state index contributed by atoms with van der Waals surface area (Å²) in [6.45, 7) is 3.54. The molecule has 3 heterocycles. The predicted octanol–water partition coefficient (Wildman–Crippen LogP) is 0.954. The number of aromatic nitrogens is 1. The van der Waals surface area contributed by atoms with E-state index in [2.05, 4.69) is 19.9 Å². The van der Waals surface area contributed by atoms with Gasteiger partial charge in [0, 0.05) is 25.0 Å². The van der Waals surface area contributed by atoms with Crippen molar-refractivity contribution in [1.82, 2.24) is 14.6 Å². The van der Waals surface area contributed by atoms with Crippen molar-refractivity contribution >= 4 is 43.7 Å². The molecule has 0 radical (unpaired) electrons. The van der Waals surface area contributed by atoms with Crippen LogP contribution < -0.4 is 10.0 Å². The van der Waals surface area contributed by atoms with Gasteiger partial charge in [0.25, 0.3) is 10.0 Å². The van der Waals surface area contributed by atoms with Crippen LogP contribution in [0.4, 0.5) is 5.13 Å². The number of nitrogens with one attached hydrogen (secondary N) is 2. The third-order valence-corrected chi connectivity index (χ3v) is 7.08. The number of hydrogen-bond acceptors (Lipinski definition) is 8. The van der Waals surface area contributed by atoms with Crippen LogP contribution in [0, 0.1) is 0 Å². The van der Waals surface area contributed by atoms with Gasteiger partial charge in [0.15, 0.2) is 5.13 Å². The number of amides is 1. The molecule has 25 heavy (non-hydrogen) atoms. The molecular weight excluding hydrogens is 384 g/mol. The van der Waals surface area contributed by atoms with Crippen molar-refractivity contribution < 1.29 is 17.9 Å². The standard InChI is InChI=1S/C14H18N4O4S3/c19-12(8-15-25(20,21)13-2-1-7-23-13)17-14-16-11(10-24-14)9-18-3-5-22-6-4-18/h1-2,7,10,15H,3-6,8-9H2,(H,16,17,19). The van der Waals surface area contributed by atoms with Crippen molar-refractivity contribution in [1.29, 1.82) is 0 Å². The van der Waals surface area contributed by atoms with Gasteiger partial charge in [0.05, 0.1) is 25.5 Å². The van der Waals surface area contributed by atoms with Crippen LogP contribution in [0.3, 0.4) is 0 Å². The van der Waals surface area contributed by atoms with E-state index in [0.29, 0.717) is 11.7 Å². The lowest BCUT2D eigenvalue weighted by Gasteiger charge is -2.25. The van der Waals surface area contributed by atoms with Crippen LogP contribution in [0.25, 0.3) is 0 Å². The maximum Gasteiger partial charge on any atom is 0.250 e. The van der Waals surface area contributed by atoms with Crippen LogP contribution in [-0.4, -0.2) is 57.1 Å². The number of ether oxygens (including phenoxy) is 1. The van der Waals surface area contributed by atoms with E-state index < -0.39 is 15.9 Å². The van der Waals surface area contributed by atoms with E-state index in [1.54, 1.807) is 11.4 Å². The van der Waals surface area contributed by atoms with Crippen LogP contribution in [0.2, 0.25) is 0 Å². The molecule has 11 heteroatoms. The number of rotatable bonds is 7. The molecule has 0 atom stereocenters. The smallest absolute Gasteiger partial charge is 0.250 e. The Hall–Kier alpha value is -1.37. The normalized spacial score (nSPS) is 16.0. The van der Waals surface area contributed by atoms with Gasteiger partial charge >= 0.3 is 0 Å². The van der Waals surface area contributed by atoms with E-state index >= 15 is 0 Å². The zero-order chi connectivity index (χ0) is 17.7. The summed E-state index contributed by atoms with van der Waals surface area (Å²) >= 11 is 2.42. The maximum absolute atomic E-state index is 12.0. The first-order valence-electron chi connectivity index (χ1n) is 7.60. The van der Waals surface area contributed by atoms with Gasteiger partial charge in [-0.05, 0) is 11.4 Å². The molecule has 8 nitrogen and oxygen atoms in total. The minimum atomic E-state index is -3.65. The third kappa shape index (κ3) is 5.30. The molecule has 136 valence electrons. The predicted molar refractivity (Wildman–Crippen MR) is 96.3 cm³/mol. The second-order valence-electron chi connectivity index (χ2n) is 5.34. The SMILES string of the molecule is O=C(CNS(=O)(=O)c1cccs1)Nc1nc(CN2CCOCC2)cs1. The van der Waals surface area contributed by atoms with Crippen LogP contribution in [0.1, 0.15) is 5.69 Å². The Morgan fingerprint density at radius 2 is 2.12 bits per heavy atom. The Morgan fingerprint density at radius 3 is 2.84 bits per heavy atom. The Bertz CT molecular complexity index is 798. The monoisotopic (exact) mass is 402 g/mol. The summed E-state index contributed by atoms with van der Waals surface area (Å²) in [7, 11) is -3.65. The van der Waals surface area contributed by atoms with Crippen molar-refractivity contribution in [2.75, 3.05) is 38.2 Å². The molecule has 1 amide bonds. The number of carbonyl (C=O) groups is 1. The number of morpholine rings is 1. The van der Waals surface area contributed by atoms with Crippen LogP contribution >= 0.6 is 22.7 Å². The summed E-state index contributed by atoms with van der Waals surface area (Å²) in [6.07, 6.45) is 0. The molecule has 2 aromatic rings. The molecule has 0 aliphatic carbocycles. The molecule has 2 aromatic heterocycles. The third-order valence-electron chi connectivity index (χ3n) is 3.47.